The van der Waals surface area contributed by atoms with Crippen LogP contribution in [0.4, 0.5) is 5.69 Å². The summed E-state index contributed by atoms with van der Waals surface area (Å²) in [4.78, 5) is 13.0. The van der Waals surface area contributed by atoms with E-state index in [0.29, 0.717) is 6.54 Å². The minimum Gasteiger partial charge on any atom is -0.325 e. The van der Waals surface area contributed by atoms with Crippen molar-refractivity contribution in [2.24, 2.45) is 0 Å². The van der Waals surface area contributed by atoms with Gasteiger partial charge in [-0.25, -0.2) is 0 Å². The van der Waals surface area contributed by atoms with Crippen LogP contribution in [0.25, 0.3) is 0 Å². The largest absolute Gasteiger partial charge is 0.325 e. The van der Waals surface area contributed by atoms with Gasteiger partial charge in [0.25, 0.3) is 0 Å². The lowest BCUT2D eigenvalue weighted by atomic mass is 10.2. The van der Waals surface area contributed by atoms with E-state index in [4.69, 9.17) is 11.6 Å². The molecule has 0 saturated carbocycles. The molecule has 2 rings (SSSR count). The van der Waals surface area contributed by atoms with E-state index in [2.05, 4.69) is 10.6 Å². The van der Waals surface area contributed by atoms with Crippen LogP contribution >= 0.6 is 22.9 Å². The second-order valence-electron chi connectivity index (χ2n) is 4.55. The number of rotatable bonds is 6. The van der Waals surface area contributed by atoms with E-state index in [1.165, 1.54) is 4.88 Å². The molecule has 0 spiro atoms. The molecule has 0 aliphatic heterocycles. The van der Waals surface area contributed by atoms with Gasteiger partial charge in [0.15, 0.2) is 0 Å². The molecule has 0 saturated heterocycles. The van der Waals surface area contributed by atoms with Crippen LogP contribution in [0, 0.1) is 6.92 Å². The lowest BCUT2D eigenvalue weighted by molar-refractivity contribution is -0.115. The summed E-state index contributed by atoms with van der Waals surface area (Å²) in [5.41, 5.74) is 1.96. The highest BCUT2D eigenvalue weighted by molar-refractivity contribution is 7.16. The van der Waals surface area contributed by atoms with Crippen molar-refractivity contribution in [3.63, 3.8) is 0 Å². The number of carbonyl (C=O) groups is 1. The number of aryl methyl sites for hydroxylation is 1. The summed E-state index contributed by atoms with van der Waals surface area (Å²) in [7, 11) is 0. The molecule has 106 valence electrons. The van der Waals surface area contributed by atoms with Gasteiger partial charge in [0, 0.05) is 17.1 Å². The minimum absolute atomic E-state index is 0.0280. The normalized spacial score (nSPS) is 10.5. The highest BCUT2D eigenvalue weighted by atomic mass is 35.5. The molecule has 0 aliphatic carbocycles. The van der Waals surface area contributed by atoms with Crippen LogP contribution in [-0.4, -0.2) is 19.0 Å². The van der Waals surface area contributed by atoms with Gasteiger partial charge in [-0.05, 0) is 43.2 Å². The Kier molecular flexibility index (Phi) is 5.59. The third-order valence-corrected chi connectivity index (χ3v) is 4.06. The molecule has 3 nitrogen and oxygen atoms in total. The van der Waals surface area contributed by atoms with Gasteiger partial charge in [-0.1, -0.05) is 23.7 Å². The third-order valence-electron chi connectivity index (χ3n) is 2.76. The summed E-state index contributed by atoms with van der Waals surface area (Å²) in [5.74, 6) is -0.0280. The van der Waals surface area contributed by atoms with Crippen LogP contribution in [0.5, 0.6) is 0 Å². The van der Waals surface area contributed by atoms with E-state index in [9.17, 15) is 4.79 Å². The lowest BCUT2D eigenvalue weighted by Gasteiger charge is -2.07. The summed E-state index contributed by atoms with van der Waals surface area (Å²) in [5, 5.41) is 5.99. The Labute approximate surface area is 128 Å². The number of hydrogen-bond donors (Lipinski definition) is 2. The number of hydrogen-bond acceptors (Lipinski definition) is 3. The zero-order valence-electron chi connectivity index (χ0n) is 11.3. The van der Waals surface area contributed by atoms with Crippen molar-refractivity contribution in [1.29, 1.82) is 0 Å². The summed E-state index contributed by atoms with van der Waals surface area (Å²) < 4.78 is 0.803. The predicted molar refractivity (Wildman–Crippen MR) is 85.7 cm³/mol. The number of nitrogens with one attached hydrogen (secondary N) is 2. The first-order chi connectivity index (χ1) is 9.63. The number of carbonyl (C=O) groups excluding carboxylic acids is 1. The standard InChI is InChI=1S/C15H17ClN2OS/c1-11-3-2-4-12(9-11)18-15(19)10-17-8-7-13-5-6-14(16)20-13/h2-6,9,17H,7-8,10H2,1H3,(H,18,19). The van der Waals surface area contributed by atoms with Crippen LogP contribution in [-0.2, 0) is 11.2 Å². The van der Waals surface area contributed by atoms with Crippen molar-refractivity contribution in [2.75, 3.05) is 18.4 Å². The second kappa shape index (κ2) is 7.43. The fourth-order valence-electron chi connectivity index (χ4n) is 1.83. The zero-order chi connectivity index (χ0) is 14.4. The van der Waals surface area contributed by atoms with E-state index < -0.39 is 0 Å². The van der Waals surface area contributed by atoms with Crippen molar-refractivity contribution < 1.29 is 4.79 Å². The molecule has 5 heteroatoms. The maximum absolute atomic E-state index is 11.7. The fraction of sp³-hybridized carbons (Fsp3) is 0.267. The molecule has 1 heterocycles. The number of anilines is 1. The van der Waals surface area contributed by atoms with E-state index in [0.717, 1.165) is 28.6 Å². The second-order valence-corrected chi connectivity index (χ2v) is 6.35. The first-order valence-electron chi connectivity index (χ1n) is 6.45. The molecular formula is C15H17ClN2OS. The minimum atomic E-state index is -0.0280. The highest BCUT2D eigenvalue weighted by Crippen LogP contribution is 2.21. The molecule has 20 heavy (non-hydrogen) atoms. The van der Waals surface area contributed by atoms with E-state index >= 15 is 0 Å². The molecule has 0 unspecified atom stereocenters. The van der Waals surface area contributed by atoms with Gasteiger partial charge in [-0.15, -0.1) is 11.3 Å². The van der Waals surface area contributed by atoms with Crippen LogP contribution in [0.1, 0.15) is 10.4 Å². The van der Waals surface area contributed by atoms with Gasteiger partial charge in [0.05, 0.1) is 10.9 Å². The smallest absolute Gasteiger partial charge is 0.238 e. The average molecular weight is 309 g/mol. The Morgan fingerprint density at radius 3 is 2.85 bits per heavy atom. The molecular weight excluding hydrogens is 292 g/mol. The maximum Gasteiger partial charge on any atom is 0.238 e. The van der Waals surface area contributed by atoms with Crippen LogP contribution in [0.3, 0.4) is 0 Å². The van der Waals surface area contributed by atoms with Gasteiger partial charge in [-0.2, -0.15) is 0 Å². The summed E-state index contributed by atoms with van der Waals surface area (Å²) in [6, 6.07) is 11.7. The number of halogens is 1. The maximum atomic E-state index is 11.7. The Hall–Kier alpha value is -1.36. The fourth-order valence-corrected chi connectivity index (χ4v) is 2.91. The number of thiophene rings is 1. The molecule has 1 amide bonds. The third kappa shape index (κ3) is 4.96. The molecule has 0 aliphatic rings. The van der Waals surface area contributed by atoms with Crippen LogP contribution in [0.15, 0.2) is 36.4 Å². The lowest BCUT2D eigenvalue weighted by Crippen LogP contribution is -2.29. The quantitative estimate of drug-likeness (QED) is 0.802. The number of amides is 1. The number of benzene rings is 1. The summed E-state index contributed by atoms with van der Waals surface area (Å²) >= 11 is 7.44. The first-order valence-corrected chi connectivity index (χ1v) is 7.64. The van der Waals surface area contributed by atoms with Crippen LogP contribution in [0.2, 0.25) is 4.34 Å². The predicted octanol–water partition coefficient (Wildman–Crippen LogP) is 3.48. The SMILES string of the molecule is Cc1cccc(NC(=O)CNCCc2ccc(Cl)s2)c1. The zero-order valence-corrected chi connectivity index (χ0v) is 12.9. The molecule has 1 aromatic carbocycles. The van der Waals surface area contributed by atoms with Crippen molar-refractivity contribution in [3.05, 3.63) is 51.2 Å². The molecule has 0 fully saturated rings. The molecule has 2 N–H and O–H groups in total. The summed E-state index contributed by atoms with van der Waals surface area (Å²) in [6.45, 7) is 3.07. The summed E-state index contributed by atoms with van der Waals surface area (Å²) in [6.07, 6.45) is 0.884. The van der Waals surface area contributed by atoms with E-state index in [1.54, 1.807) is 11.3 Å². The molecule has 0 radical (unpaired) electrons. The molecule has 1 aromatic heterocycles. The van der Waals surface area contributed by atoms with Crippen molar-refractivity contribution in [1.82, 2.24) is 5.32 Å². The average Bonchev–Trinajstić information content (AvgIpc) is 2.80. The Balaban J connectivity index is 1.67. The van der Waals surface area contributed by atoms with Crippen molar-refractivity contribution >= 4 is 34.5 Å². The van der Waals surface area contributed by atoms with Gasteiger partial charge < -0.3 is 10.6 Å². The molecule has 0 atom stereocenters. The van der Waals surface area contributed by atoms with Crippen LogP contribution < -0.4 is 10.6 Å². The van der Waals surface area contributed by atoms with Gasteiger partial charge >= 0.3 is 0 Å². The highest BCUT2D eigenvalue weighted by Gasteiger charge is 2.02. The van der Waals surface area contributed by atoms with Crippen molar-refractivity contribution in [2.45, 2.75) is 13.3 Å². The Bertz CT molecular complexity index is 583. The topological polar surface area (TPSA) is 41.1 Å². The van der Waals surface area contributed by atoms with Crippen molar-refractivity contribution in [3.8, 4) is 0 Å². The van der Waals surface area contributed by atoms with Gasteiger partial charge in [-0.3, -0.25) is 4.79 Å². The Morgan fingerprint density at radius 2 is 2.15 bits per heavy atom. The molecule has 2 aromatic rings. The van der Waals surface area contributed by atoms with Gasteiger partial charge in [0.2, 0.25) is 5.91 Å². The Morgan fingerprint density at radius 1 is 1.30 bits per heavy atom. The van der Waals surface area contributed by atoms with E-state index in [-0.39, 0.29) is 5.91 Å². The van der Waals surface area contributed by atoms with E-state index in [1.807, 2.05) is 43.3 Å². The molecule has 0 bridgehead atoms. The van der Waals surface area contributed by atoms with Gasteiger partial charge in [0.1, 0.15) is 0 Å². The monoisotopic (exact) mass is 308 g/mol. The first kappa shape index (κ1) is 15.0.